The molecular formula is C15H11FN3O2S. The maximum absolute atomic E-state index is 13.0. The van der Waals surface area contributed by atoms with Gasteiger partial charge < -0.3 is 0 Å². The van der Waals surface area contributed by atoms with Crippen LogP contribution in [-0.2, 0) is 10.0 Å². The number of sulfonamides is 1. The fourth-order valence-corrected chi connectivity index (χ4v) is 2.58. The summed E-state index contributed by atoms with van der Waals surface area (Å²) < 4.78 is 37.1. The van der Waals surface area contributed by atoms with E-state index < -0.39 is 10.0 Å². The first-order chi connectivity index (χ1) is 10.4. The van der Waals surface area contributed by atoms with Crippen molar-refractivity contribution in [1.29, 1.82) is 0 Å². The highest BCUT2D eigenvalue weighted by Gasteiger charge is 2.10. The van der Waals surface area contributed by atoms with Crippen molar-refractivity contribution >= 4 is 10.0 Å². The predicted molar refractivity (Wildman–Crippen MR) is 79.2 cm³/mol. The van der Waals surface area contributed by atoms with Gasteiger partial charge in [-0.25, -0.2) is 22.6 Å². The van der Waals surface area contributed by atoms with E-state index in [2.05, 4.69) is 11.3 Å². The van der Waals surface area contributed by atoms with Crippen LogP contribution < -0.4 is 5.14 Å². The lowest BCUT2D eigenvalue weighted by molar-refractivity contribution is 0.597. The molecule has 0 spiro atoms. The first kappa shape index (κ1) is 14.4. The molecule has 1 radical (unpaired) electrons. The maximum Gasteiger partial charge on any atom is 0.238 e. The SMILES string of the molecule is NS(=O)(=O)c1ccc(-n2n[c]cc2-c2ccc(F)cc2)cc1. The normalized spacial score (nSPS) is 11.5. The largest absolute Gasteiger partial charge is 0.238 e. The van der Waals surface area contributed by atoms with Crippen LogP contribution in [0.15, 0.2) is 59.5 Å². The smallest absolute Gasteiger partial charge is 0.232 e. The molecule has 0 fully saturated rings. The Morgan fingerprint density at radius 3 is 2.27 bits per heavy atom. The average Bonchev–Trinajstić information content (AvgIpc) is 2.97. The number of primary sulfonamides is 1. The standard InChI is InChI=1S/C15H11FN3O2S/c16-12-3-1-11(2-4-12)15-9-10-18-19(15)13-5-7-14(8-6-13)22(17,20)21/h1-9H,(H2,17,20,21). The number of halogens is 1. The molecule has 1 aromatic heterocycles. The molecule has 0 atom stereocenters. The fourth-order valence-electron chi connectivity index (χ4n) is 2.06. The highest BCUT2D eigenvalue weighted by molar-refractivity contribution is 7.89. The Morgan fingerprint density at radius 1 is 1.05 bits per heavy atom. The van der Waals surface area contributed by atoms with Crippen molar-refractivity contribution in [1.82, 2.24) is 9.78 Å². The summed E-state index contributed by atoms with van der Waals surface area (Å²) in [5.74, 6) is -0.323. The van der Waals surface area contributed by atoms with Gasteiger partial charge in [0.05, 0.1) is 16.3 Å². The molecule has 7 heteroatoms. The summed E-state index contributed by atoms with van der Waals surface area (Å²) in [7, 11) is -3.73. The molecule has 5 nitrogen and oxygen atoms in total. The van der Waals surface area contributed by atoms with Gasteiger partial charge in [0.25, 0.3) is 0 Å². The highest BCUT2D eigenvalue weighted by atomic mass is 32.2. The molecule has 0 aliphatic carbocycles. The van der Waals surface area contributed by atoms with Gasteiger partial charge >= 0.3 is 0 Å². The summed E-state index contributed by atoms with van der Waals surface area (Å²) in [5.41, 5.74) is 2.13. The van der Waals surface area contributed by atoms with Gasteiger partial charge in [-0.2, -0.15) is 5.10 Å². The molecule has 2 aromatic carbocycles. The second-order valence-electron chi connectivity index (χ2n) is 4.62. The first-order valence-electron chi connectivity index (χ1n) is 6.30. The maximum atomic E-state index is 13.0. The molecule has 3 rings (SSSR count). The fraction of sp³-hybridized carbons (Fsp3) is 0. The zero-order valence-corrected chi connectivity index (χ0v) is 12.1. The van der Waals surface area contributed by atoms with Crippen LogP contribution in [0.4, 0.5) is 4.39 Å². The molecule has 0 amide bonds. The monoisotopic (exact) mass is 316 g/mol. The minimum absolute atomic E-state index is 0.0238. The summed E-state index contributed by atoms with van der Waals surface area (Å²) in [5, 5.41) is 9.16. The van der Waals surface area contributed by atoms with Crippen molar-refractivity contribution < 1.29 is 12.8 Å². The van der Waals surface area contributed by atoms with E-state index in [1.54, 1.807) is 35.0 Å². The minimum Gasteiger partial charge on any atom is -0.232 e. The van der Waals surface area contributed by atoms with Crippen molar-refractivity contribution in [3.63, 3.8) is 0 Å². The van der Waals surface area contributed by atoms with Crippen molar-refractivity contribution in [3.8, 4) is 16.9 Å². The van der Waals surface area contributed by atoms with Gasteiger partial charge in [0.1, 0.15) is 12.0 Å². The quantitative estimate of drug-likeness (QED) is 0.804. The van der Waals surface area contributed by atoms with Crippen LogP contribution in [0.3, 0.4) is 0 Å². The third-order valence-corrected chi connectivity index (χ3v) is 4.07. The summed E-state index contributed by atoms with van der Waals surface area (Å²) in [6, 6.07) is 13.6. The molecule has 0 unspecified atom stereocenters. The number of nitrogens with two attached hydrogens (primary N) is 1. The van der Waals surface area contributed by atoms with E-state index in [4.69, 9.17) is 5.14 Å². The summed E-state index contributed by atoms with van der Waals surface area (Å²) >= 11 is 0. The van der Waals surface area contributed by atoms with E-state index >= 15 is 0 Å². The third-order valence-electron chi connectivity index (χ3n) is 3.14. The van der Waals surface area contributed by atoms with Gasteiger partial charge in [-0.05, 0) is 54.6 Å². The third kappa shape index (κ3) is 2.76. The Balaban J connectivity index is 2.03. The van der Waals surface area contributed by atoms with Crippen molar-refractivity contribution in [2.75, 3.05) is 0 Å². The van der Waals surface area contributed by atoms with Gasteiger partial charge in [0, 0.05) is 5.56 Å². The van der Waals surface area contributed by atoms with Gasteiger partial charge in [-0.1, -0.05) is 0 Å². The number of nitrogens with zero attached hydrogens (tertiary/aromatic N) is 2. The van der Waals surface area contributed by atoms with Crippen LogP contribution in [-0.4, -0.2) is 18.2 Å². The van der Waals surface area contributed by atoms with Gasteiger partial charge in [0.2, 0.25) is 10.0 Å². The number of hydrogen-bond donors (Lipinski definition) is 1. The number of rotatable bonds is 3. The minimum atomic E-state index is -3.73. The lowest BCUT2D eigenvalue weighted by Crippen LogP contribution is -2.12. The van der Waals surface area contributed by atoms with Crippen LogP contribution in [0.1, 0.15) is 0 Å². The molecule has 2 N–H and O–H groups in total. The van der Waals surface area contributed by atoms with E-state index in [0.29, 0.717) is 11.4 Å². The van der Waals surface area contributed by atoms with Crippen LogP contribution in [0.5, 0.6) is 0 Å². The second kappa shape index (κ2) is 5.36. The van der Waals surface area contributed by atoms with E-state index in [1.165, 1.54) is 24.3 Å². The van der Waals surface area contributed by atoms with Gasteiger partial charge in [-0.15, -0.1) is 0 Å². The Morgan fingerprint density at radius 2 is 1.68 bits per heavy atom. The average molecular weight is 316 g/mol. The van der Waals surface area contributed by atoms with Crippen molar-refractivity contribution in [3.05, 3.63) is 66.6 Å². The second-order valence-corrected chi connectivity index (χ2v) is 6.18. The summed E-state index contributed by atoms with van der Waals surface area (Å²) in [4.78, 5) is 0.0238. The van der Waals surface area contributed by atoms with E-state index in [0.717, 1.165) is 5.56 Å². The Labute approximate surface area is 126 Å². The Bertz CT molecular complexity index is 901. The highest BCUT2D eigenvalue weighted by Crippen LogP contribution is 2.23. The summed E-state index contributed by atoms with van der Waals surface area (Å²) in [6.45, 7) is 0. The Kier molecular flexibility index (Phi) is 3.51. The van der Waals surface area contributed by atoms with E-state index in [1.807, 2.05) is 0 Å². The van der Waals surface area contributed by atoms with E-state index in [9.17, 15) is 12.8 Å². The molecule has 0 saturated carbocycles. The topological polar surface area (TPSA) is 78.0 Å². The molecule has 1 heterocycles. The molecule has 0 bridgehead atoms. The number of aromatic nitrogens is 2. The van der Waals surface area contributed by atoms with Crippen LogP contribution >= 0.6 is 0 Å². The molecule has 22 heavy (non-hydrogen) atoms. The lowest BCUT2D eigenvalue weighted by atomic mass is 10.1. The van der Waals surface area contributed by atoms with Crippen LogP contribution in [0.25, 0.3) is 16.9 Å². The first-order valence-corrected chi connectivity index (χ1v) is 7.85. The number of benzene rings is 2. The van der Waals surface area contributed by atoms with Gasteiger partial charge in [0.15, 0.2) is 0 Å². The van der Waals surface area contributed by atoms with Crippen LogP contribution in [0, 0.1) is 12.0 Å². The predicted octanol–water partition coefficient (Wildman–Crippen LogP) is 2.13. The van der Waals surface area contributed by atoms with Gasteiger partial charge in [-0.3, -0.25) is 0 Å². The Hall–Kier alpha value is -2.51. The lowest BCUT2D eigenvalue weighted by Gasteiger charge is -2.08. The van der Waals surface area contributed by atoms with E-state index in [-0.39, 0.29) is 10.7 Å². The zero-order chi connectivity index (χ0) is 15.7. The van der Waals surface area contributed by atoms with Crippen LogP contribution in [0.2, 0.25) is 0 Å². The van der Waals surface area contributed by atoms with Crippen molar-refractivity contribution in [2.45, 2.75) is 4.90 Å². The molecule has 3 aromatic rings. The molecule has 0 aliphatic heterocycles. The summed E-state index contributed by atoms with van der Waals surface area (Å²) in [6.07, 6.45) is 2.73. The van der Waals surface area contributed by atoms with Crippen molar-refractivity contribution in [2.24, 2.45) is 5.14 Å². The molecule has 0 saturated heterocycles. The molecule has 111 valence electrons. The zero-order valence-electron chi connectivity index (χ0n) is 11.3. The number of hydrogen-bond acceptors (Lipinski definition) is 3. The molecular weight excluding hydrogens is 305 g/mol. The molecule has 0 aliphatic rings.